The second-order valence-electron chi connectivity index (χ2n) is 7.90. The number of aromatic nitrogens is 1. The maximum absolute atomic E-state index is 11.4. The van der Waals surface area contributed by atoms with Crippen molar-refractivity contribution in [3.63, 3.8) is 0 Å². The molecule has 2 aliphatic rings. The van der Waals surface area contributed by atoms with Crippen LogP contribution in [0.3, 0.4) is 0 Å². The molecule has 1 heterocycles. The van der Waals surface area contributed by atoms with Crippen LogP contribution in [0.5, 0.6) is 0 Å². The summed E-state index contributed by atoms with van der Waals surface area (Å²) in [5.41, 5.74) is 5.03. The molecule has 1 fully saturated rings. The number of rotatable bonds is 7. The summed E-state index contributed by atoms with van der Waals surface area (Å²) >= 11 is 0. The van der Waals surface area contributed by atoms with Crippen molar-refractivity contribution in [1.29, 1.82) is 0 Å². The van der Waals surface area contributed by atoms with Crippen molar-refractivity contribution in [2.24, 2.45) is 5.92 Å². The molecule has 1 aromatic heterocycles. The molecule has 2 aromatic rings. The fourth-order valence-electron chi connectivity index (χ4n) is 4.10. The van der Waals surface area contributed by atoms with E-state index in [1.165, 1.54) is 42.3 Å². The number of fused-ring (bicyclic) bond motifs is 1. The van der Waals surface area contributed by atoms with Crippen LogP contribution in [0.1, 0.15) is 53.1 Å². The van der Waals surface area contributed by atoms with Crippen molar-refractivity contribution in [1.82, 2.24) is 4.98 Å². The summed E-state index contributed by atoms with van der Waals surface area (Å²) < 4.78 is 0. The van der Waals surface area contributed by atoms with Gasteiger partial charge < -0.3 is 15.3 Å². The van der Waals surface area contributed by atoms with E-state index in [2.05, 4.69) is 40.4 Å². The average molecular weight is 365 g/mol. The van der Waals surface area contributed by atoms with Gasteiger partial charge in [-0.05, 0) is 67.3 Å². The summed E-state index contributed by atoms with van der Waals surface area (Å²) in [6, 6.07) is 8.42. The van der Waals surface area contributed by atoms with E-state index in [4.69, 9.17) is 0 Å². The first kappa shape index (κ1) is 17.8. The highest BCUT2D eigenvalue weighted by atomic mass is 16.4. The molecule has 1 aromatic carbocycles. The monoisotopic (exact) mass is 365 g/mol. The summed E-state index contributed by atoms with van der Waals surface area (Å²) in [4.78, 5) is 17.8. The first-order valence-electron chi connectivity index (χ1n) is 9.87. The van der Waals surface area contributed by atoms with Crippen molar-refractivity contribution in [2.45, 2.75) is 38.0 Å². The second-order valence-corrected chi connectivity index (χ2v) is 7.90. The fraction of sp³-hybridized carbons (Fsp3) is 0.455. The number of nitrogens with one attached hydrogen (secondary N) is 1. The van der Waals surface area contributed by atoms with Gasteiger partial charge in [-0.2, -0.15) is 0 Å². The number of benzene rings is 1. The lowest BCUT2D eigenvalue weighted by molar-refractivity contribution is 0.0698. The van der Waals surface area contributed by atoms with E-state index in [0.29, 0.717) is 11.6 Å². The number of aryl methyl sites for hydroxylation is 1. The lowest BCUT2D eigenvalue weighted by Crippen LogP contribution is -2.22. The van der Waals surface area contributed by atoms with Crippen LogP contribution in [0.15, 0.2) is 36.7 Å². The zero-order valence-electron chi connectivity index (χ0n) is 15.8. The Labute approximate surface area is 160 Å². The van der Waals surface area contributed by atoms with Gasteiger partial charge in [-0.1, -0.05) is 6.07 Å². The number of hydrogen-bond acceptors (Lipinski definition) is 4. The molecule has 1 atom stereocenters. The van der Waals surface area contributed by atoms with Crippen LogP contribution < -0.4 is 10.2 Å². The molecule has 1 saturated carbocycles. The van der Waals surface area contributed by atoms with E-state index in [9.17, 15) is 9.90 Å². The maximum Gasteiger partial charge on any atom is 0.337 e. The Morgan fingerprint density at radius 3 is 2.93 bits per heavy atom. The minimum absolute atomic E-state index is 0.276. The van der Waals surface area contributed by atoms with E-state index in [-0.39, 0.29) is 5.56 Å². The topological polar surface area (TPSA) is 65.5 Å². The molecule has 0 bridgehead atoms. The lowest BCUT2D eigenvalue weighted by Gasteiger charge is -2.28. The van der Waals surface area contributed by atoms with E-state index >= 15 is 0 Å². The third-order valence-electron chi connectivity index (χ3n) is 5.83. The van der Waals surface area contributed by atoms with E-state index in [0.717, 1.165) is 31.8 Å². The van der Waals surface area contributed by atoms with E-state index in [1.54, 1.807) is 12.3 Å². The number of hydrogen-bond donors (Lipinski definition) is 2. The summed E-state index contributed by atoms with van der Waals surface area (Å²) in [7, 11) is 2.19. The van der Waals surface area contributed by atoms with Crippen molar-refractivity contribution in [3.8, 4) is 0 Å². The predicted molar refractivity (Wildman–Crippen MR) is 108 cm³/mol. The minimum atomic E-state index is -0.924. The first-order valence-corrected chi connectivity index (χ1v) is 9.87. The molecule has 2 aliphatic carbocycles. The number of carbonyl (C=O) groups is 1. The Bertz CT molecular complexity index is 832. The summed E-state index contributed by atoms with van der Waals surface area (Å²) in [6.45, 7) is 1.89. The molecule has 27 heavy (non-hydrogen) atoms. The van der Waals surface area contributed by atoms with Gasteiger partial charge in [-0.15, -0.1) is 0 Å². The van der Waals surface area contributed by atoms with Gasteiger partial charge in [0.15, 0.2) is 0 Å². The van der Waals surface area contributed by atoms with E-state index in [1.807, 2.05) is 0 Å². The number of aromatic carboxylic acids is 1. The van der Waals surface area contributed by atoms with Gasteiger partial charge in [0.25, 0.3) is 0 Å². The summed E-state index contributed by atoms with van der Waals surface area (Å²) in [5.74, 6) is 0.358. The molecule has 142 valence electrons. The zero-order chi connectivity index (χ0) is 18.8. The van der Waals surface area contributed by atoms with Crippen LogP contribution in [-0.4, -0.2) is 36.2 Å². The van der Waals surface area contributed by atoms with Gasteiger partial charge >= 0.3 is 5.97 Å². The second kappa shape index (κ2) is 7.59. The first-order chi connectivity index (χ1) is 13.1. The SMILES string of the molecule is CN(CC1CC1)c1ccc2c(c1)CCC[C@H]2CNc1cnccc1C(=O)O. The molecular formula is C22H27N3O2. The summed E-state index contributed by atoms with van der Waals surface area (Å²) in [6.07, 6.45) is 9.29. The van der Waals surface area contributed by atoms with Crippen molar-refractivity contribution >= 4 is 17.3 Å². The smallest absolute Gasteiger partial charge is 0.337 e. The van der Waals surface area contributed by atoms with Crippen molar-refractivity contribution in [2.75, 3.05) is 30.4 Å². The lowest BCUT2D eigenvalue weighted by atomic mass is 9.82. The molecule has 5 nitrogen and oxygen atoms in total. The molecule has 5 heteroatoms. The summed E-state index contributed by atoms with van der Waals surface area (Å²) in [5, 5.41) is 12.7. The molecular weight excluding hydrogens is 338 g/mol. The van der Waals surface area contributed by atoms with Gasteiger partial charge in [-0.25, -0.2) is 4.79 Å². The number of pyridine rings is 1. The van der Waals surface area contributed by atoms with Crippen LogP contribution in [0.4, 0.5) is 11.4 Å². The van der Waals surface area contributed by atoms with Gasteiger partial charge in [-0.3, -0.25) is 4.98 Å². The third-order valence-corrected chi connectivity index (χ3v) is 5.83. The third kappa shape index (κ3) is 4.07. The number of carboxylic acid groups (broad SMARTS) is 1. The largest absolute Gasteiger partial charge is 0.478 e. The standard InChI is InChI=1S/C22H27N3O2/c1-25(14-15-5-6-15)18-7-8-19-16(11-18)3-2-4-17(19)12-24-21-13-23-10-9-20(21)22(26)27/h7-11,13,15,17,24H,2-6,12,14H2,1H3,(H,26,27)/t17-/m0/s1. The molecule has 0 saturated heterocycles. The quantitative estimate of drug-likeness (QED) is 0.771. The molecule has 2 N–H and O–H groups in total. The number of anilines is 2. The van der Waals surface area contributed by atoms with Crippen LogP contribution in [-0.2, 0) is 6.42 Å². The molecule has 0 unspecified atom stereocenters. The van der Waals surface area contributed by atoms with Crippen molar-refractivity contribution in [3.05, 3.63) is 53.3 Å². The Kier molecular flexibility index (Phi) is 5.01. The molecule has 0 radical (unpaired) electrons. The van der Waals surface area contributed by atoms with Crippen LogP contribution in [0.2, 0.25) is 0 Å². The molecule has 4 rings (SSSR count). The van der Waals surface area contributed by atoms with Crippen LogP contribution >= 0.6 is 0 Å². The average Bonchev–Trinajstić information content (AvgIpc) is 3.50. The molecule has 0 aliphatic heterocycles. The highest BCUT2D eigenvalue weighted by Gasteiger charge is 2.25. The van der Waals surface area contributed by atoms with Crippen LogP contribution in [0, 0.1) is 5.92 Å². The minimum Gasteiger partial charge on any atom is -0.478 e. The fourth-order valence-corrected chi connectivity index (χ4v) is 4.10. The Morgan fingerprint density at radius 1 is 1.30 bits per heavy atom. The number of nitrogens with zero attached hydrogens (tertiary/aromatic N) is 2. The Hall–Kier alpha value is -2.56. The highest BCUT2D eigenvalue weighted by Crippen LogP contribution is 2.36. The van der Waals surface area contributed by atoms with Gasteiger partial charge in [0.2, 0.25) is 0 Å². The van der Waals surface area contributed by atoms with Gasteiger partial charge in [0.05, 0.1) is 17.4 Å². The van der Waals surface area contributed by atoms with Crippen molar-refractivity contribution < 1.29 is 9.90 Å². The zero-order valence-corrected chi connectivity index (χ0v) is 15.8. The highest BCUT2D eigenvalue weighted by molar-refractivity contribution is 5.93. The Balaban J connectivity index is 1.47. The number of carboxylic acids is 1. The molecule has 0 amide bonds. The Morgan fingerprint density at radius 2 is 2.15 bits per heavy atom. The predicted octanol–water partition coefficient (Wildman–Crippen LogP) is 4.16. The van der Waals surface area contributed by atoms with Gasteiger partial charge in [0, 0.05) is 37.9 Å². The van der Waals surface area contributed by atoms with E-state index < -0.39 is 5.97 Å². The molecule has 0 spiro atoms. The normalized spacial score (nSPS) is 18.6. The van der Waals surface area contributed by atoms with Crippen LogP contribution in [0.25, 0.3) is 0 Å². The van der Waals surface area contributed by atoms with Gasteiger partial charge in [0.1, 0.15) is 0 Å². The maximum atomic E-state index is 11.4.